The lowest BCUT2D eigenvalue weighted by molar-refractivity contribution is -0.119. The molecule has 1 saturated carbocycles. The largest absolute Gasteiger partial charge is 0.490 e. The van der Waals surface area contributed by atoms with E-state index in [4.69, 9.17) is 21.1 Å². The number of aliphatic hydroxyl groups excluding tert-OH is 1. The van der Waals surface area contributed by atoms with Crippen molar-refractivity contribution in [3.05, 3.63) is 82.0 Å². The average Bonchev–Trinajstić information content (AvgIpc) is 3.43. The van der Waals surface area contributed by atoms with Gasteiger partial charge in [-0.05, 0) is 91.3 Å². The summed E-state index contributed by atoms with van der Waals surface area (Å²) in [6, 6.07) is 10.5. The number of aryl methyl sites for hydroxylation is 2. The molecule has 7 rings (SSSR count). The minimum atomic E-state index is -3.84. The molecule has 3 aromatic rings. The Morgan fingerprint density at radius 1 is 1.17 bits per heavy atom. The third-order valence-corrected chi connectivity index (χ3v) is 13.5. The van der Waals surface area contributed by atoms with Crippen LogP contribution in [0.15, 0.2) is 59.1 Å². The van der Waals surface area contributed by atoms with Crippen molar-refractivity contribution >= 4 is 44.9 Å². The first-order valence-corrected chi connectivity index (χ1v) is 20.5. The van der Waals surface area contributed by atoms with E-state index in [0.29, 0.717) is 36.2 Å². The molecule has 54 heavy (non-hydrogen) atoms. The minimum Gasteiger partial charge on any atom is -0.490 e. The van der Waals surface area contributed by atoms with E-state index >= 15 is 0 Å². The van der Waals surface area contributed by atoms with Crippen LogP contribution in [0.5, 0.6) is 11.6 Å². The fourth-order valence-corrected chi connectivity index (χ4v) is 10.6. The summed E-state index contributed by atoms with van der Waals surface area (Å²) in [4.78, 5) is 42.4. The number of ether oxygens (including phenoxy) is 2. The lowest BCUT2D eigenvalue weighted by Crippen LogP contribution is -2.49. The van der Waals surface area contributed by atoms with Gasteiger partial charge in [-0.25, -0.2) is 4.21 Å². The van der Waals surface area contributed by atoms with Gasteiger partial charge in [-0.2, -0.15) is 0 Å². The molecule has 0 radical (unpaired) electrons. The van der Waals surface area contributed by atoms with Gasteiger partial charge in [0.2, 0.25) is 11.8 Å². The highest BCUT2D eigenvalue weighted by Gasteiger charge is 2.44. The summed E-state index contributed by atoms with van der Waals surface area (Å²) < 4.78 is 34.8. The first kappa shape index (κ1) is 37.9. The van der Waals surface area contributed by atoms with Crippen molar-refractivity contribution in [2.45, 2.75) is 63.5 Å². The van der Waals surface area contributed by atoms with E-state index in [9.17, 15) is 23.7 Å². The second-order valence-electron chi connectivity index (χ2n) is 15.2. The van der Waals surface area contributed by atoms with Crippen LogP contribution in [0.4, 0.5) is 5.69 Å². The average molecular weight is 779 g/mol. The monoisotopic (exact) mass is 778 g/mol. The number of anilines is 1. The molecule has 2 aliphatic carbocycles. The Bertz CT molecular complexity index is 2130. The third-order valence-electron chi connectivity index (χ3n) is 11.4. The summed E-state index contributed by atoms with van der Waals surface area (Å²) in [7, 11) is -0.864. The molecule has 2 aliphatic heterocycles. The highest BCUT2D eigenvalue weighted by Crippen LogP contribution is 2.47. The van der Waals surface area contributed by atoms with Gasteiger partial charge in [-0.1, -0.05) is 36.7 Å². The van der Waals surface area contributed by atoms with Crippen LogP contribution in [0.1, 0.15) is 71.4 Å². The number of halogens is 1. The lowest BCUT2D eigenvalue weighted by atomic mass is 9.68. The number of nitrogens with zero attached hydrogens (tertiary/aromatic N) is 4. The van der Waals surface area contributed by atoms with Gasteiger partial charge in [-0.15, -0.1) is 9.46 Å². The zero-order valence-corrected chi connectivity index (χ0v) is 32.5. The fraction of sp³-hybridized carbons (Fsp3) is 0.487. The Labute approximate surface area is 320 Å². The van der Waals surface area contributed by atoms with E-state index < -0.39 is 39.8 Å². The smallest absolute Gasteiger partial charge is 0.286 e. The zero-order valence-electron chi connectivity index (χ0n) is 30.9. The van der Waals surface area contributed by atoms with Gasteiger partial charge < -0.3 is 24.8 Å². The fourth-order valence-electron chi connectivity index (χ4n) is 8.52. The summed E-state index contributed by atoms with van der Waals surface area (Å²) in [5, 5.41) is 19.2. The van der Waals surface area contributed by atoms with Gasteiger partial charge in [-0.3, -0.25) is 23.8 Å². The molecule has 4 aliphatic rings. The molecule has 2 bridgehead atoms. The van der Waals surface area contributed by atoms with Crippen molar-refractivity contribution in [2.24, 2.45) is 29.2 Å². The van der Waals surface area contributed by atoms with Crippen LogP contribution in [-0.2, 0) is 33.6 Å². The molecular weight excluding hydrogens is 732 g/mol. The van der Waals surface area contributed by atoms with E-state index in [1.165, 1.54) is 36.0 Å². The molecule has 1 unspecified atom stereocenters. The second kappa shape index (κ2) is 15.0. The molecule has 1 spiro atoms. The van der Waals surface area contributed by atoms with Gasteiger partial charge in [0.05, 0.1) is 37.3 Å². The van der Waals surface area contributed by atoms with Gasteiger partial charge in [0, 0.05) is 49.3 Å². The second-order valence-corrected chi connectivity index (χ2v) is 17.7. The molecule has 3 N–H and O–H groups in total. The normalized spacial score (nSPS) is 30.0. The Hall–Kier alpha value is -4.40. The van der Waals surface area contributed by atoms with E-state index in [2.05, 4.69) is 30.5 Å². The van der Waals surface area contributed by atoms with Crippen LogP contribution in [0.2, 0.25) is 5.02 Å². The van der Waals surface area contributed by atoms with Crippen molar-refractivity contribution in [3.63, 3.8) is 0 Å². The summed E-state index contributed by atoms with van der Waals surface area (Å²) in [6.45, 7) is 4.77. The predicted octanol–water partition coefficient (Wildman–Crippen LogP) is 4.61. The standard InChI is InChI=1S/C39H47ClN6O7S/c1-23-20-54(51,44-37(50)30-19-45(3)42-38(30)52-4)43-36(49)26-8-14-35-33(17-26)46(18-27-7-10-29(27)34(48)13-12-32(23)41-24(2)47)21-39(22-53-35)15-5-6-25-16-28(40)9-11-31(25)39/h8-9,11-14,16-17,19,23,27,29,32,34,48H,5-7,10,15,18,20-22H2,1-4H3,(H,41,47)(H,43,44,49,50,51)/b13-12-/t23-,27+,29-,32+,34+,39+,54?/m1/s1. The van der Waals surface area contributed by atoms with Crippen molar-refractivity contribution in [1.29, 1.82) is 0 Å². The molecule has 7 atom stereocenters. The van der Waals surface area contributed by atoms with Crippen LogP contribution in [0.3, 0.4) is 0 Å². The number of benzene rings is 2. The van der Waals surface area contributed by atoms with Crippen LogP contribution < -0.4 is 24.4 Å². The molecule has 3 heterocycles. The number of nitrogens with one attached hydrogen (secondary N) is 2. The van der Waals surface area contributed by atoms with Crippen molar-refractivity contribution < 1.29 is 33.2 Å². The van der Waals surface area contributed by atoms with E-state index in [1.807, 2.05) is 12.1 Å². The Morgan fingerprint density at radius 3 is 2.72 bits per heavy atom. The number of rotatable bonds is 4. The van der Waals surface area contributed by atoms with Gasteiger partial charge in [0.25, 0.3) is 11.8 Å². The molecular formula is C39H47ClN6O7S. The van der Waals surface area contributed by atoms with Crippen LogP contribution in [0.25, 0.3) is 0 Å². The number of carbonyl (C=O) groups is 3. The molecule has 3 amide bonds. The van der Waals surface area contributed by atoms with Crippen LogP contribution in [-0.4, -0.2) is 81.5 Å². The highest BCUT2D eigenvalue weighted by atomic mass is 35.5. The molecule has 0 saturated heterocycles. The van der Waals surface area contributed by atoms with Gasteiger partial charge in [0.15, 0.2) is 0 Å². The van der Waals surface area contributed by atoms with Gasteiger partial charge in [0.1, 0.15) is 21.2 Å². The summed E-state index contributed by atoms with van der Waals surface area (Å²) in [5.41, 5.74) is 2.97. The molecule has 2 aromatic carbocycles. The summed E-state index contributed by atoms with van der Waals surface area (Å²) in [6.07, 6.45) is 8.58. The van der Waals surface area contributed by atoms with Crippen molar-refractivity contribution in [1.82, 2.24) is 19.8 Å². The quantitative estimate of drug-likeness (QED) is 0.321. The minimum absolute atomic E-state index is 0.0139. The van der Waals surface area contributed by atoms with Crippen LogP contribution in [0, 0.1) is 17.8 Å². The van der Waals surface area contributed by atoms with Crippen molar-refractivity contribution in [2.75, 3.05) is 37.5 Å². The van der Waals surface area contributed by atoms with E-state index in [-0.39, 0.29) is 45.9 Å². The first-order chi connectivity index (χ1) is 25.8. The highest BCUT2D eigenvalue weighted by molar-refractivity contribution is 7.92. The number of methoxy groups -OCH3 is 1. The zero-order chi connectivity index (χ0) is 38.4. The number of amides is 3. The van der Waals surface area contributed by atoms with Crippen molar-refractivity contribution in [3.8, 4) is 11.6 Å². The summed E-state index contributed by atoms with van der Waals surface area (Å²) >= 11 is 6.44. The predicted molar refractivity (Wildman–Crippen MR) is 205 cm³/mol. The number of carbonyl (C=O) groups excluding carboxylic acids is 3. The maximum absolute atomic E-state index is 14.8. The molecule has 15 heteroatoms. The van der Waals surface area contributed by atoms with Crippen LogP contribution >= 0.6 is 11.6 Å². The van der Waals surface area contributed by atoms with E-state index in [1.54, 1.807) is 44.3 Å². The molecule has 13 nitrogen and oxygen atoms in total. The number of hydrogen-bond acceptors (Lipinski definition) is 9. The molecule has 1 fully saturated rings. The SMILES string of the molecule is COc1nn(C)cc1C(=O)NS1(=O)=NC(=O)c2ccc3c(c2)N(C[C@@H]2CC[C@H]2[C@@H](O)/C=C\[C@H](NC(C)=O)[C@H](C)C1)C[C@@]1(CCCc2cc(Cl)ccc21)CO3. The van der Waals surface area contributed by atoms with E-state index in [0.717, 1.165) is 32.1 Å². The number of hydrogen-bond donors (Lipinski definition) is 3. The summed E-state index contributed by atoms with van der Waals surface area (Å²) in [5.74, 6) is -2.05. The topological polar surface area (TPSA) is 164 Å². The number of fused-ring (bicyclic) bond motifs is 4. The Kier molecular flexibility index (Phi) is 10.5. The number of aromatic nitrogens is 2. The molecule has 1 aromatic heterocycles. The van der Waals surface area contributed by atoms with Gasteiger partial charge >= 0.3 is 0 Å². The maximum Gasteiger partial charge on any atom is 0.286 e. The maximum atomic E-state index is 14.8. The Balaban J connectivity index is 1.33. The third kappa shape index (κ3) is 7.60. The Morgan fingerprint density at radius 2 is 1.98 bits per heavy atom. The number of aliphatic hydroxyl groups is 1. The lowest BCUT2D eigenvalue weighted by Gasteiger charge is -2.45. The first-order valence-electron chi connectivity index (χ1n) is 18.4. The molecule has 288 valence electrons.